The number of hydrogen-bond acceptors (Lipinski definition) is 4. The molecule has 0 bridgehead atoms. The molecule has 150 valence electrons. The fourth-order valence-corrected chi connectivity index (χ4v) is 3.38. The third-order valence-electron chi connectivity index (χ3n) is 4.85. The van der Waals surface area contributed by atoms with E-state index in [1.165, 1.54) is 0 Å². The first-order chi connectivity index (χ1) is 13.6. The second kappa shape index (κ2) is 9.46. The first-order valence-corrected chi connectivity index (χ1v) is 9.52. The van der Waals surface area contributed by atoms with Crippen LogP contribution in [0.4, 0.5) is 4.79 Å². The molecule has 0 aliphatic carbocycles. The number of furan rings is 1. The van der Waals surface area contributed by atoms with E-state index in [1.54, 1.807) is 13.4 Å². The molecule has 6 heteroatoms. The van der Waals surface area contributed by atoms with Gasteiger partial charge in [-0.25, -0.2) is 4.79 Å². The maximum atomic E-state index is 13.4. The average molecular weight is 384 g/mol. The van der Waals surface area contributed by atoms with Crippen molar-refractivity contribution in [3.8, 4) is 5.75 Å². The van der Waals surface area contributed by atoms with Crippen LogP contribution in [0.25, 0.3) is 0 Å². The Morgan fingerprint density at radius 1 is 1.25 bits per heavy atom. The molecule has 6 nitrogen and oxygen atoms in total. The van der Waals surface area contributed by atoms with Crippen molar-refractivity contribution in [2.45, 2.75) is 25.9 Å². The molecule has 0 radical (unpaired) electrons. The lowest BCUT2D eigenvalue weighted by Gasteiger charge is -2.37. The molecule has 1 fully saturated rings. The minimum absolute atomic E-state index is 0.0123. The smallest absolute Gasteiger partial charge is 0.321 e. The monoisotopic (exact) mass is 384 g/mol. The number of rotatable bonds is 7. The summed E-state index contributed by atoms with van der Waals surface area (Å²) in [7, 11) is 1.64. The maximum Gasteiger partial charge on any atom is 0.321 e. The number of morpholine rings is 1. The molecule has 2 aromatic rings. The number of carbonyl (C=O) groups excluding carboxylic acids is 1. The summed E-state index contributed by atoms with van der Waals surface area (Å²) in [6.07, 6.45) is 2.30. The zero-order valence-corrected chi connectivity index (χ0v) is 16.6. The van der Waals surface area contributed by atoms with Crippen LogP contribution in [0.1, 0.15) is 30.7 Å². The van der Waals surface area contributed by atoms with Crippen LogP contribution in [0.5, 0.6) is 5.75 Å². The normalized spacial score (nSPS) is 15.1. The molecule has 1 aliphatic rings. The van der Waals surface area contributed by atoms with E-state index in [9.17, 15) is 4.79 Å². The van der Waals surface area contributed by atoms with Gasteiger partial charge in [0.1, 0.15) is 11.5 Å². The van der Waals surface area contributed by atoms with Crippen LogP contribution in [0.15, 0.2) is 59.2 Å². The third-order valence-corrected chi connectivity index (χ3v) is 4.85. The van der Waals surface area contributed by atoms with Crippen LogP contribution >= 0.6 is 0 Å². The summed E-state index contributed by atoms with van der Waals surface area (Å²) in [5.41, 5.74) is 2.05. The van der Waals surface area contributed by atoms with Crippen LogP contribution in [0, 0.1) is 0 Å². The fourth-order valence-electron chi connectivity index (χ4n) is 3.38. The highest BCUT2D eigenvalue weighted by atomic mass is 16.5. The summed E-state index contributed by atoms with van der Waals surface area (Å²) in [6.45, 7) is 8.78. The Bertz CT molecular complexity index is 764. The van der Waals surface area contributed by atoms with Crippen LogP contribution in [0.2, 0.25) is 0 Å². The molecule has 0 saturated carbocycles. The van der Waals surface area contributed by atoms with E-state index in [-0.39, 0.29) is 12.1 Å². The van der Waals surface area contributed by atoms with Gasteiger partial charge in [-0.1, -0.05) is 17.7 Å². The quantitative estimate of drug-likeness (QED) is 0.670. The lowest BCUT2D eigenvalue weighted by molar-refractivity contribution is 0.0370. The minimum atomic E-state index is -0.149. The first-order valence-electron chi connectivity index (χ1n) is 9.52. The summed E-state index contributed by atoms with van der Waals surface area (Å²) in [4.78, 5) is 17.2. The van der Waals surface area contributed by atoms with Gasteiger partial charge < -0.3 is 23.7 Å². The lowest BCUT2D eigenvalue weighted by atomic mass is 9.98. The molecule has 1 aromatic heterocycles. The largest absolute Gasteiger partial charge is 0.497 e. The van der Waals surface area contributed by atoms with Crippen LogP contribution in [0.3, 0.4) is 0 Å². The van der Waals surface area contributed by atoms with Crippen molar-refractivity contribution in [1.82, 2.24) is 9.80 Å². The second-order valence-electron chi connectivity index (χ2n) is 7.04. The minimum Gasteiger partial charge on any atom is -0.497 e. The lowest BCUT2D eigenvalue weighted by Crippen LogP contribution is -2.49. The number of hydrogen-bond donors (Lipinski definition) is 0. The summed E-state index contributed by atoms with van der Waals surface area (Å²) in [5.74, 6) is 1.54. The summed E-state index contributed by atoms with van der Waals surface area (Å²) < 4.78 is 16.2. The molecule has 1 atom stereocenters. The number of urea groups is 1. The highest BCUT2D eigenvalue weighted by molar-refractivity contribution is 5.75. The van der Waals surface area contributed by atoms with Crippen molar-refractivity contribution in [3.63, 3.8) is 0 Å². The van der Waals surface area contributed by atoms with Gasteiger partial charge in [0, 0.05) is 13.1 Å². The maximum absolute atomic E-state index is 13.4. The molecule has 3 rings (SSSR count). The van der Waals surface area contributed by atoms with E-state index in [4.69, 9.17) is 13.9 Å². The topological polar surface area (TPSA) is 55.2 Å². The Balaban J connectivity index is 1.93. The van der Waals surface area contributed by atoms with Crippen molar-refractivity contribution in [2.75, 3.05) is 33.4 Å². The van der Waals surface area contributed by atoms with Gasteiger partial charge >= 0.3 is 6.03 Å². The molecule has 1 saturated heterocycles. The van der Waals surface area contributed by atoms with Gasteiger partial charge in [0.25, 0.3) is 0 Å². The van der Waals surface area contributed by atoms with Crippen LogP contribution < -0.4 is 4.74 Å². The SMILES string of the molecule is C=C(C)C[C@@H](c1ccc(OC)cc1)N(Cc1ccco1)C(=O)N1CCOCC1. The Kier molecular flexibility index (Phi) is 6.76. The zero-order valence-electron chi connectivity index (χ0n) is 16.6. The van der Waals surface area contributed by atoms with Crippen LogP contribution in [-0.2, 0) is 11.3 Å². The van der Waals surface area contributed by atoms with E-state index in [0.29, 0.717) is 39.3 Å². The fraction of sp³-hybridized carbons (Fsp3) is 0.409. The summed E-state index contributed by atoms with van der Waals surface area (Å²) >= 11 is 0. The number of nitrogens with zero attached hydrogens (tertiary/aromatic N) is 2. The molecular weight excluding hydrogens is 356 g/mol. The van der Waals surface area contributed by atoms with E-state index in [2.05, 4.69) is 6.58 Å². The second-order valence-corrected chi connectivity index (χ2v) is 7.04. The molecule has 0 N–H and O–H groups in total. The number of carbonyl (C=O) groups is 1. The van der Waals surface area contributed by atoms with E-state index < -0.39 is 0 Å². The molecule has 0 spiro atoms. The van der Waals surface area contributed by atoms with Gasteiger partial charge in [-0.3, -0.25) is 0 Å². The summed E-state index contributed by atoms with van der Waals surface area (Å²) in [6, 6.07) is 11.4. The Morgan fingerprint density at radius 2 is 1.96 bits per heavy atom. The van der Waals surface area contributed by atoms with Crippen molar-refractivity contribution < 1.29 is 18.7 Å². The molecule has 28 heavy (non-hydrogen) atoms. The average Bonchev–Trinajstić information content (AvgIpc) is 3.24. The van der Waals surface area contributed by atoms with Gasteiger partial charge in [-0.05, 0) is 43.2 Å². The highest BCUT2D eigenvalue weighted by Crippen LogP contribution is 2.31. The molecule has 0 unspecified atom stereocenters. The Morgan fingerprint density at radius 3 is 2.54 bits per heavy atom. The molecular formula is C22H28N2O4. The van der Waals surface area contributed by atoms with Crippen molar-refractivity contribution >= 4 is 6.03 Å². The van der Waals surface area contributed by atoms with Crippen molar-refractivity contribution in [2.24, 2.45) is 0 Å². The standard InChI is InChI=1S/C22H28N2O4/c1-17(2)15-21(18-6-8-19(26-3)9-7-18)24(16-20-5-4-12-28-20)22(25)23-10-13-27-14-11-23/h4-9,12,21H,1,10-11,13-16H2,2-3H3/t21-/m0/s1. The van der Waals surface area contributed by atoms with E-state index >= 15 is 0 Å². The van der Waals surface area contributed by atoms with Gasteiger partial charge in [0.15, 0.2) is 0 Å². The van der Waals surface area contributed by atoms with Crippen LogP contribution in [-0.4, -0.2) is 49.2 Å². The molecule has 1 aromatic carbocycles. The number of benzene rings is 1. The molecule has 1 aliphatic heterocycles. The van der Waals surface area contributed by atoms with Gasteiger partial charge in [0.05, 0.1) is 39.2 Å². The number of amides is 2. The van der Waals surface area contributed by atoms with E-state index in [0.717, 1.165) is 22.6 Å². The molecule has 2 heterocycles. The molecule has 2 amide bonds. The first kappa shape index (κ1) is 20.0. The van der Waals surface area contributed by atoms with Gasteiger partial charge in [-0.15, -0.1) is 6.58 Å². The van der Waals surface area contributed by atoms with Crippen molar-refractivity contribution in [3.05, 3.63) is 66.1 Å². The van der Waals surface area contributed by atoms with Gasteiger partial charge in [0.2, 0.25) is 0 Å². The third kappa shape index (κ3) is 4.95. The predicted molar refractivity (Wildman–Crippen MR) is 107 cm³/mol. The Labute approximate surface area is 166 Å². The number of methoxy groups -OCH3 is 1. The Hall–Kier alpha value is -2.73. The number of ether oxygens (including phenoxy) is 2. The van der Waals surface area contributed by atoms with Crippen molar-refractivity contribution in [1.29, 1.82) is 0 Å². The highest BCUT2D eigenvalue weighted by Gasteiger charge is 2.30. The zero-order chi connectivity index (χ0) is 19.9. The predicted octanol–water partition coefficient (Wildman–Crippen LogP) is 4.25. The summed E-state index contributed by atoms with van der Waals surface area (Å²) in [5, 5.41) is 0. The van der Waals surface area contributed by atoms with E-state index in [1.807, 2.05) is 53.1 Å². The van der Waals surface area contributed by atoms with Gasteiger partial charge in [-0.2, -0.15) is 0 Å².